The van der Waals surface area contributed by atoms with Gasteiger partial charge in [-0.25, -0.2) is 14.6 Å². The van der Waals surface area contributed by atoms with Crippen LogP contribution < -0.4 is 0 Å². The lowest BCUT2D eigenvalue weighted by atomic mass is 10.3. The molecule has 1 heterocycles. The molecule has 0 aliphatic carbocycles. The summed E-state index contributed by atoms with van der Waals surface area (Å²) in [7, 11) is 0. The summed E-state index contributed by atoms with van der Waals surface area (Å²) in [5.74, 6) is -1.43. The first-order valence-electron chi connectivity index (χ1n) is 4.04. The number of hydrogen-bond donors (Lipinski definition) is 0. The van der Waals surface area contributed by atoms with Crippen LogP contribution in [0.2, 0.25) is 0 Å². The zero-order chi connectivity index (χ0) is 10.4. The van der Waals surface area contributed by atoms with Gasteiger partial charge in [-0.2, -0.15) is 0 Å². The normalized spacial score (nSPS) is 10.1. The third kappa shape index (κ3) is 2.82. The predicted molar refractivity (Wildman–Crippen MR) is 49.5 cm³/mol. The Kier molecular flexibility index (Phi) is 3.55. The zero-order valence-electron chi connectivity index (χ0n) is 7.64. The van der Waals surface area contributed by atoms with Gasteiger partial charge in [-0.05, 0) is 19.1 Å². The van der Waals surface area contributed by atoms with E-state index in [9.17, 15) is 9.59 Å². The highest BCUT2D eigenvalue weighted by Gasteiger charge is 2.10. The van der Waals surface area contributed by atoms with Crippen molar-refractivity contribution in [3.05, 3.63) is 42.2 Å². The fraction of sp³-hybridized carbons (Fsp3) is 0.100. The quantitative estimate of drug-likeness (QED) is 0.402. The summed E-state index contributed by atoms with van der Waals surface area (Å²) in [4.78, 5) is 25.8. The van der Waals surface area contributed by atoms with E-state index < -0.39 is 11.9 Å². The van der Waals surface area contributed by atoms with Gasteiger partial charge in [0.2, 0.25) is 0 Å². The minimum absolute atomic E-state index is 0.116. The monoisotopic (exact) mass is 191 g/mol. The minimum Gasteiger partial charge on any atom is -0.385 e. The first-order valence-corrected chi connectivity index (χ1v) is 4.04. The van der Waals surface area contributed by atoms with Crippen molar-refractivity contribution in [3.8, 4) is 0 Å². The van der Waals surface area contributed by atoms with Crippen LogP contribution in [0.4, 0.5) is 0 Å². The van der Waals surface area contributed by atoms with Crippen LogP contribution in [-0.2, 0) is 9.53 Å². The highest BCUT2D eigenvalue weighted by atomic mass is 16.6. The third-order valence-corrected chi connectivity index (χ3v) is 1.37. The molecule has 4 nitrogen and oxygen atoms in total. The van der Waals surface area contributed by atoms with E-state index >= 15 is 0 Å². The van der Waals surface area contributed by atoms with Crippen molar-refractivity contribution in [2.75, 3.05) is 0 Å². The molecule has 1 aromatic heterocycles. The maximum Gasteiger partial charge on any atom is 0.364 e. The molecule has 0 radical (unpaired) electrons. The molecule has 0 unspecified atom stereocenters. The van der Waals surface area contributed by atoms with Crippen molar-refractivity contribution in [3.63, 3.8) is 0 Å². The molecule has 0 atom stereocenters. The number of hydrogen-bond acceptors (Lipinski definition) is 4. The fourth-order valence-corrected chi connectivity index (χ4v) is 0.797. The number of esters is 2. The third-order valence-electron chi connectivity index (χ3n) is 1.37. The summed E-state index contributed by atoms with van der Waals surface area (Å²) in [5, 5.41) is 0. The Morgan fingerprint density at radius 2 is 2.21 bits per heavy atom. The Balaban J connectivity index is 2.64. The van der Waals surface area contributed by atoms with Crippen LogP contribution in [-0.4, -0.2) is 16.9 Å². The van der Waals surface area contributed by atoms with Crippen LogP contribution in [0, 0.1) is 0 Å². The molecular formula is C10H9NO3. The number of carbonyl (C=O) groups is 2. The number of nitrogens with zero attached hydrogens (tertiary/aromatic N) is 1. The van der Waals surface area contributed by atoms with Gasteiger partial charge in [-0.15, -0.1) is 0 Å². The van der Waals surface area contributed by atoms with Crippen LogP contribution in [0.15, 0.2) is 36.5 Å². The van der Waals surface area contributed by atoms with Crippen LogP contribution in [0.3, 0.4) is 0 Å². The van der Waals surface area contributed by atoms with E-state index in [1.165, 1.54) is 24.4 Å². The molecule has 14 heavy (non-hydrogen) atoms. The molecule has 0 amide bonds. The Morgan fingerprint density at radius 1 is 1.43 bits per heavy atom. The smallest absolute Gasteiger partial charge is 0.364 e. The lowest BCUT2D eigenvalue weighted by Crippen LogP contribution is -2.11. The summed E-state index contributed by atoms with van der Waals surface area (Å²) in [6.07, 6.45) is 4.12. The molecule has 0 aliphatic heterocycles. The Hall–Kier alpha value is -1.97. The second-order valence-corrected chi connectivity index (χ2v) is 2.42. The summed E-state index contributed by atoms with van der Waals surface area (Å²) in [5.41, 5.74) is 0.116. The standard InChI is InChI=1S/C10H9NO3/c1-2-5-9(12)14-10(13)8-6-3-4-7-11-8/h2-7H,1H3. The van der Waals surface area contributed by atoms with Gasteiger partial charge in [0.05, 0.1) is 0 Å². The second-order valence-electron chi connectivity index (χ2n) is 2.42. The predicted octanol–water partition coefficient (Wildman–Crippen LogP) is 1.34. The molecule has 1 rings (SSSR count). The maximum absolute atomic E-state index is 11.2. The molecule has 4 heteroatoms. The van der Waals surface area contributed by atoms with E-state index in [0.29, 0.717) is 0 Å². The molecule has 72 valence electrons. The van der Waals surface area contributed by atoms with Gasteiger partial charge in [0.1, 0.15) is 5.69 Å². The van der Waals surface area contributed by atoms with Gasteiger partial charge in [0.25, 0.3) is 0 Å². The van der Waals surface area contributed by atoms with Crippen LogP contribution >= 0.6 is 0 Å². The van der Waals surface area contributed by atoms with Crippen LogP contribution in [0.5, 0.6) is 0 Å². The number of rotatable bonds is 2. The summed E-state index contributed by atoms with van der Waals surface area (Å²) in [6.45, 7) is 1.66. The highest BCUT2D eigenvalue weighted by molar-refractivity contribution is 5.98. The number of pyridine rings is 1. The molecular weight excluding hydrogens is 182 g/mol. The lowest BCUT2D eigenvalue weighted by Gasteiger charge is -1.97. The highest BCUT2D eigenvalue weighted by Crippen LogP contribution is 1.97. The van der Waals surface area contributed by atoms with E-state index in [2.05, 4.69) is 9.72 Å². The van der Waals surface area contributed by atoms with Gasteiger partial charge in [-0.3, -0.25) is 0 Å². The average Bonchev–Trinajstić information content (AvgIpc) is 2.19. The van der Waals surface area contributed by atoms with Gasteiger partial charge in [-0.1, -0.05) is 12.1 Å². The molecule has 0 fully saturated rings. The molecule has 0 bridgehead atoms. The molecule has 0 saturated carbocycles. The molecule has 1 aromatic rings. The van der Waals surface area contributed by atoms with E-state index in [-0.39, 0.29) is 5.69 Å². The topological polar surface area (TPSA) is 56.3 Å². The van der Waals surface area contributed by atoms with E-state index in [1.54, 1.807) is 19.1 Å². The van der Waals surface area contributed by atoms with E-state index in [4.69, 9.17) is 0 Å². The Bertz CT molecular complexity index is 357. The van der Waals surface area contributed by atoms with Crippen molar-refractivity contribution >= 4 is 11.9 Å². The van der Waals surface area contributed by atoms with Crippen LogP contribution in [0.25, 0.3) is 0 Å². The number of aromatic nitrogens is 1. The molecule has 0 aliphatic rings. The second kappa shape index (κ2) is 4.91. The molecule has 0 saturated heterocycles. The summed E-state index contributed by atoms with van der Waals surface area (Å²) >= 11 is 0. The number of ether oxygens (including phenoxy) is 1. The summed E-state index contributed by atoms with van der Waals surface area (Å²) in [6, 6.07) is 4.79. The van der Waals surface area contributed by atoms with Crippen molar-refractivity contribution in [2.24, 2.45) is 0 Å². The zero-order valence-corrected chi connectivity index (χ0v) is 7.64. The molecule has 0 spiro atoms. The van der Waals surface area contributed by atoms with Crippen molar-refractivity contribution in [1.82, 2.24) is 4.98 Å². The lowest BCUT2D eigenvalue weighted by molar-refractivity contribution is -0.132. The van der Waals surface area contributed by atoms with Crippen molar-refractivity contribution in [2.45, 2.75) is 6.92 Å². The van der Waals surface area contributed by atoms with E-state index in [1.807, 2.05) is 0 Å². The summed E-state index contributed by atoms with van der Waals surface area (Å²) < 4.78 is 4.45. The van der Waals surface area contributed by atoms with Gasteiger partial charge in [0.15, 0.2) is 0 Å². The fourth-order valence-electron chi connectivity index (χ4n) is 0.797. The Labute approximate surface area is 81.2 Å². The van der Waals surface area contributed by atoms with Crippen molar-refractivity contribution < 1.29 is 14.3 Å². The van der Waals surface area contributed by atoms with Gasteiger partial charge in [0, 0.05) is 12.3 Å². The maximum atomic E-state index is 11.2. The number of carbonyl (C=O) groups excluding carboxylic acids is 2. The van der Waals surface area contributed by atoms with Gasteiger partial charge >= 0.3 is 11.9 Å². The largest absolute Gasteiger partial charge is 0.385 e. The van der Waals surface area contributed by atoms with Crippen LogP contribution in [0.1, 0.15) is 17.4 Å². The first kappa shape index (κ1) is 10.1. The first-order chi connectivity index (χ1) is 6.74. The van der Waals surface area contributed by atoms with E-state index in [0.717, 1.165) is 0 Å². The van der Waals surface area contributed by atoms with Gasteiger partial charge < -0.3 is 4.74 Å². The average molecular weight is 191 g/mol. The SMILES string of the molecule is CC=CC(=O)OC(=O)c1ccccn1. The Morgan fingerprint density at radius 3 is 2.79 bits per heavy atom. The minimum atomic E-state index is -0.742. The van der Waals surface area contributed by atoms with Crippen molar-refractivity contribution in [1.29, 1.82) is 0 Å². The number of allylic oxidation sites excluding steroid dienone is 1. The molecule has 0 aromatic carbocycles. The molecule has 0 N–H and O–H groups in total.